The van der Waals surface area contributed by atoms with Crippen LogP contribution in [0.4, 0.5) is 20.2 Å². The molecule has 7 nitrogen and oxygen atoms in total. The Morgan fingerprint density at radius 3 is 2.46 bits per heavy atom. The van der Waals surface area contributed by atoms with Gasteiger partial charge in [-0.25, -0.2) is 13.6 Å². The van der Waals surface area contributed by atoms with Crippen LogP contribution in [0.1, 0.15) is 59.5 Å². The van der Waals surface area contributed by atoms with Gasteiger partial charge in [-0.3, -0.25) is 14.9 Å². The molecule has 0 radical (unpaired) electrons. The third-order valence-corrected chi connectivity index (χ3v) is 9.30. The first-order valence-electron chi connectivity index (χ1n) is 13.3. The van der Waals surface area contributed by atoms with Crippen LogP contribution < -0.4 is 16.0 Å². The third-order valence-electron chi connectivity index (χ3n) is 8.77. The molecule has 1 saturated heterocycles. The minimum Gasteiger partial charge on any atom is -0.478 e. The summed E-state index contributed by atoms with van der Waals surface area (Å²) in [5.41, 5.74) is -1.65. The van der Waals surface area contributed by atoms with Crippen molar-refractivity contribution in [3.63, 3.8) is 0 Å². The predicted molar refractivity (Wildman–Crippen MR) is 151 cm³/mol. The fourth-order valence-corrected chi connectivity index (χ4v) is 7.56. The molecule has 3 atom stereocenters. The van der Waals surface area contributed by atoms with Gasteiger partial charge in [0.2, 0.25) is 11.8 Å². The minimum absolute atomic E-state index is 0.0197. The lowest BCUT2D eigenvalue weighted by Gasteiger charge is -2.47. The van der Waals surface area contributed by atoms with E-state index in [9.17, 15) is 23.9 Å². The number of rotatable bonds is 4. The zero-order chi connectivity index (χ0) is 29.1. The van der Waals surface area contributed by atoms with Crippen LogP contribution in [0.3, 0.4) is 0 Å². The molecule has 2 spiro atoms. The number of carbonyl (C=O) groups excluding carboxylic acids is 2. The van der Waals surface area contributed by atoms with Crippen molar-refractivity contribution in [2.75, 3.05) is 10.6 Å². The third kappa shape index (κ3) is 4.13. The summed E-state index contributed by atoms with van der Waals surface area (Å²) >= 11 is 12.5. The Morgan fingerprint density at radius 2 is 1.76 bits per heavy atom. The van der Waals surface area contributed by atoms with E-state index >= 15 is 4.39 Å². The Balaban J connectivity index is 1.55. The van der Waals surface area contributed by atoms with Gasteiger partial charge in [0.25, 0.3) is 0 Å². The van der Waals surface area contributed by atoms with Gasteiger partial charge in [-0.2, -0.15) is 0 Å². The van der Waals surface area contributed by atoms with Crippen LogP contribution in [0.2, 0.25) is 10.0 Å². The Morgan fingerprint density at radius 1 is 1.00 bits per heavy atom. The zero-order valence-electron chi connectivity index (χ0n) is 21.6. The summed E-state index contributed by atoms with van der Waals surface area (Å²) in [5, 5.41) is 18.5. The normalized spacial score (nSPS) is 24.3. The van der Waals surface area contributed by atoms with Crippen LogP contribution in [-0.4, -0.2) is 34.5 Å². The van der Waals surface area contributed by atoms with Crippen LogP contribution in [0.25, 0.3) is 0 Å². The Bertz CT molecular complexity index is 1610. The number of aromatic carboxylic acids is 1. The lowest BCUT2D eigenvalue weighted by Crippen LogP contribution is -2.60. The summed E-state index contributed by atoms with van der Waals surface area (Å²) in [6.45, 7) is 0. The van der Waals surface area contributed by atoms with Crippen LogP contribution in [0.15, 0.2) is 54.6 Å². The SMILES string of the molecule is O=C(O)c1ccc(NC(=O)C2NC3(CCCCC3)C3(C(=O)Nc4cc(Cl)ccc43)C2c2cccc(Cl)c2F)cc1F. The molecule has 1 aliphatic carbocycles. The Labute approximate surface area is 244 Å². The highest BCUT2D eigenvalue weighted by Crippen LogP contribution is 2.62. The average molecular weight is 600 g/mol. The van der Waals surface area contributed by atoms with E-state index in [-0.39, 0.29) is 22.2 Å². The second kappa shape index (κ2) is 10.1. The molecule has 3 aliphatic rings. The summed E-state index contributed by atoms with van der Waals surface area (Å²) < 4.78 is 30.4. The minimum atomic E-state index is -1.44. The highest BCUT2D eigenvalue weighted by Gasteiger charge is 2.72. The topological polar surface area (TPSA) is 108 Å². The molecule has 41 heavy (non-hydrogen) atoms. The lowest BCUT2D eigenvalue weighted by molar-refractivity contribution is -0.124. The highest BCUT2D eigenvalue weighted by molar-refractivity contribution is 6.31. The van der Waals surface area contributed by atoms with E-state index in [4.69, 9.17) is 23.2 Å². The van der Waals surface area contributed by atoms with Crippen molar-refractivity contribution in [1.82, 2.24) is 5.32 Å². The summed E-state index contributed by atoms with van der Waals surface area (Å²) in [4.78, 5) is 39.6. The number of benzene rings is 3. The van der Waals surface area contributed by atoms with Crippen LogP contribution in [0, 0.1) is 11.6 Å². The molecule has 1 saturated carbocycles. The molecule has 2 fully saturated rings. The van der Waals surface area contributed by atoms with Crippen molar-refractivity contribution in [2.24, 2.45) is 0 Å². The molecular weight excluding hydrogens is 575 g/mol. The van der Waals surface area contributed by atoms with Gasteiger partial charge >= 0.3 is 5.97 Å². The molecule has 3 aromatic carbocycles. The average Bonchev–Trinajstić information content (AvgIpc) is 3.38. The number of nitrogens with one attached hydrogen (secondary N) is 3. The zero-order valence-corrected chi connectivity index (χ0v) is 23.1. The van der Waals surface area contributed by atoms with E-state index in [2.05, 4.69) is 16.0 Å². The molecule has 2 heterocycles. The van der Waals surface area contributed by atoms with E-state index in [0.717, 1.165) is 31.4 Å². The number of carboxylic acid groups (broad SMARTS) is 1. The Kier molecular flexibility index (Phi) is 6.79. The first-order valence-corrected chi connectivity index (χ1v) is 14.0. The fraction of sp³-hybridized carbons (Fsp3) is 0.300. The number of anilines is 2. The lowest BCUT2D eigenvalue weighted by atomic mass is 9.55. The molecular formula is C30H25Cl2F2N3O4. The number of carboxylic acids is 1. The molecule has 0 bridgehead atoms. The maximum atomic E-state index is 15.9. The molecule has 6 rings (SSSR count). The number of hydrogen-bond acceptors (Lipinski definition) is 4. The van der Waals surface area contributed by atoms with Gasteiger partial charge in [-0.05, 0) is 60.4 Å². The molecule has 2 aliphatic heterocycles. The number of amides is 2. The van der Waals surface area contributed by atoms with Crippen molar-refractivity contribution >= 4 is 52.4 Å². The summed E-state index contributed by atoms with van der Waals surface area (Å²) in [7, 11) is 0. The highest BCUT2D eigenvalue weighted by atomic mass is 35.5. The largest absolute Gasteiger partial charge is 0.478 e. The standard InChI is InChI=1S/C30H25Cl2F2N3O4/c31-15-7-10-19-22(13-15)36-28(41)30(19)23(18-5-4-6-20(32)24(18)34)25(37-29(30)11-2-1-3-12-29)26(38)35-16-8-9-17(27(39)40)21(33)14-16/h4-10,13-14,23,25,37H,1-3,11-12H2,(H,35,38)(H,36,41)(H,39,40). The first-order chi connectivity index (χ1) is 19.6. The molecule has 2 amide bonds. The van der Waals surface area contributed by atoms with Crippen molar-refractivity contribution in [3.8, 4) is 0 Å². The number of hydrogen-bond donors (Lipinski definition) is 4. The molecule has 4 N–H and O–H groups in total. The molecule has 11 heteroatoms. The second-order valence-corrected chi connectivity index (χ2v) is 11.7. The fourth-order valence-electron chi connectivity index (χ4n) is 7.20. The van der Waals surface area contributed by atoms with E-state index in [1.54, 1.807) is 24.3 Å². The van der Waals surface area contributed by atoms with Gasteiger partial charge in [-0.1, -0.05) is 60.7 Å². The van der Waals surface area contributed by atoms with E-state index in [1.165, 1.54) is 18.2 Å². The van der Waals surface area contributed by atoms with Gasteiger partial charge < -0.3 is 15.7 Å². The molecule has 0 aromatic heterocycles. The monoisotopic (exact) mass is 599 g/mol. The number of carbonyl (C=O) groups is 3. The van der Waals surface area contributed by atoms with Crippen molar-refractivity contribution < 1.29 is 28.3 Å². The maximum absolute atomic E-state index is 15.9. The quantitative estimate of drug-likeness (QED) is 0.283. The summed E-state index contributed by atoms with van der Waals surface area (Å²) in [6, 6.07) is 11.7. The number of fused-ring (bicyclic) bond motifs is 3. The van der Waals surface area contributed by atoms with Crippen molar-refractivity contribution in [1.29, 1.82) is 0 Å². The maximum Gasteiger partial charge on any atom is 0.338 e. The summed E-state index contributed by atoms with van der Waals surface area (Å²) in [5.74, 6) is -5.26. The van der Waals surface area contributed by atoms with E-state index in [0.29, 0.717) is 29.1 Å². The molecule has 212 valence electrons. The number of halogens is 4. The van der Waals surface area contributed by atoms with Crippen LogP contribution >= 0.6 is 23.2 Å². The smallest absolute Gasteiger partial charge is 0.338 e. The second-order valence-electron chi connectivity index (χ2n) is 10.8. The molecule has 3 aromatic rings. The van der Waals surface area contributed by atoms with Gasteiger partial charge in [0.1, 0.15) is 17.0 Å². The van der Waals surface area contributed by atoms with Gasteiger partial charge in [0.05, 0.1) is 16.6 Å². The summed E-state index contributed by atoms with van der Waals surface area (Å²) in [6.07, 6.45) is 3.61. The van der Waals surface area contributed by atoms with Gasteiger partial charge in [0.15, 0.2) is 0 Å². The van der Waals surface area contributed by atoms with Crippen molar-refractivity contribution in [3.05, 3.63) is 93.0 Å². The van der Waals surface area contributed by atoms with E-state index < -0.39 is 52.0 Å². The van der Waals surface area contributed by atoms with Gasteiger partial charge in [0, 0.05) is 27.9 Å². The van der Waals surface area contributed by atoms with Crippen LogP contribution in [0.5, 0.6) is 0 Å². The predicted octanol–water partition coefficient (Wildman–Crippen LogP) is 6.26. The van der Waals surface area contributed by atoms with Crippen molar-refractivity contribution in [2.45, 2.75) is 55.0 Å². The van der Waals surface area contributed by atoms with Gasteiger partial charge in [-0.15, -0.1) is 0 Å². The first kappa shape index (κ1) is 27.6. The molecule has 3 unspecified atom stereocenters. The van der Waals surface area contributed by atoms with Crippen LogP contribution in [-0.2, 0) is 15.0 Å². The van der Waals surface area contributed by atoms with E-state index in [1.807, 2.05) is 0 Å². The Hall–Kier alpha value is -3.53.